The lowest BCUT2D eigenvalue weighted by Gasteiger charge is -2.08. The molecule has 0 amide bonds. The van der Waals surface area contributed by atoms with Gasteiger partial charge in [0.25, 0.3) is 0 Å². The van der Waals surface area contributed by atoms with Gasteiger partial charge in [-0.05, 0) is 30.3 Å². The van der Waals surface area contributed by atoms with Gasteiger partial charge < -0.3 is 0 Å². The van der Waals surface area contributed by atoms with Gasteiger partial charge in [-0.25, -0.2) is 9.37 Å². The predicted octanol–water partition coefficient (Wildman–Crippen LogP) is 4.68. The Morgan fingerprint density at radius 2 is 1.83 bits per heavy atom. The van der Waals surface area contributed by atoms with E-state index < -0.39 is 17.6 Å². The zero-order valence-corrected chi connectivity index (χ0v) is 12.0. The molecule has 0 aliphatic heterocycles. The summed E-state index contributed by atoms with van der Waals surface area (Å²) in [7, 11) is 0. The number of alkyl halides is 3. The maximum Gasteiger partial charge on any atom is 0.417 e. The summed E-state index contributed by atoms with van der Waals surface area (Å²) in [6, 6.07) is 7.68. The molecule has 0 bridgehead atoms. The van der Waals surface area contributed by atoms with E-state index >= 15 is 0 Å². The maximum absolute atomic E-state index is 13.0. The minimum absolute atomic E-state index is 0.0236. The quantitative estimate of drug-likeness (QED) is 0.604. The molecular weight excluding hydrogens is 334 g/mol. The van der Waals surface area contributed by atoms with Crippen LogP contribution in [0.1, 0.15) is 11.3 Å². The molecule has 0 saturated heterocycles. The van der Waals surface area contributed by atoms with Gasteiger partial charge in [0, 0.05) is 11.8 Å². The number of hydrogen-bond donors (Lipinski definition) is 0. The fourth-order valence-corrected chi connectivity index (χ4v) is 2.43. The van der Waals surface area contributed by atoms with E-state index in [0.717, 1.165) is 16.7 Å². The number of benzene rings is 1. The highest BCUT2D eigenvalue weighted by Gasteiger charge is 2.32. The van der Waals surface area contributed by atoms with Crippen molar-refractivity contribution < 1.29 is 17.6 Å². The maximum atomic E-state index is 13.0. The summed E-state index contributed by atoms with van der Waals surface area (Å²) in [5.74, 6) is -0.478. The van der Waals surface area contributed by atoms with Crippen molar-refractivity contribution in [3.63, 3.8) is 0 Å². The highest BCUT2D eigenvalue weighted by molar-refractivity contribution is 6.33. The highest BCUT2D eigenvalue weighted by Crippen LogP contribution is 2.34. The summed E-state index contributed by atoms with van der Waals surface area (Å²) < 4.78 is 52.7. The van der Waals surface area contributed by atoms with Crippen molar-refractivity contribution in [2.45, 2.75) is 6.18 Å². The summed E-state index contributed by atoms with van der Waals surface area (Å²) in [5.41, 5.74) is -0.547. The smallest absolute Gasteiger partial charge is 0.289 e. The summed E-state index contributed by atoms with van der Waals surface area (Å²) >= 11 is 5.87. The largest absolute Gasteiger partial charge is 0.417 e. The van der Waals surface area contributed by atoms with Crippen molar-refractivity contribution in [1.82, 2.24) is 9.38 Å². The molecule has 0 radical (unpaired) electrons. The number of nitriles is 1. The van der Waals surface area contributed by atoms with Crippen molar-refractivity contribution in [2.75, 3.05) is 0 Å². The molecule has 3 rings (SSSR count). The molecule has 23 heavy (non-hydrogen) atoms. The van der Waals surface area contributed by atoms with Crippen LogP contribution in [0.4, 0.5) is 17.6 Å². The number of hydrogen-bond acceptors (Lipinski definition) is 2. The Balaban J connectivity index is 2.32. The molecule has 0 aliphatic rings. The number of aromatic nitrogens is 2. The number of halogens is 5. The van der Waals surface area contributed by atoms with E-state index in [9.17, 15) is 22.8 Å². The number of fused-ring (bicyclic) bond motifs is 1. The third-order valence-electron chi connectivity index (χ3n) is 3.23. The molecule has 8 heteroatoms. The normalized spacial score (nSPS) is 11.7. The van der Waals surface area contributed by atoms with Crippen LogP contribution in [0.3, 0.4) is 0 Å². The lowest BCUT2D eigenvalue weighted by molar-refractivity contribution is -0.137. The van der Waals surface area contributed by atoms with Crippen LogP contribution in [-0.2, 0) is 6.18 Å². The van der Waals surface area contributed by atoms with Crippen LogP contribution >= 0.6 is 11.6 Å². The molecule has 3 aromatic rings. The van der Waals surface area contributed by atoms with Crippen molar-refractivity contribution >= 4 is 17.2 Å². The van der Waals surface area contributed by atoms with Gasteiger partial charge in [-0.1, -0.05) is 11.6 Å². The van der Waals surface area contributed by atoms with E-state index in [0.29, 0.717) is 5.56 Å². The van der Waals surface area contributed by atoms with Crippen LogP contribution in [0.25, 0.3) is 16.9 Å². The standard InChI is InChI=1S/C15H6ClF4N3/c16-11-5-9(15(18,19)20)7-23-12(6-21)13(22-14(11)23)8-1-3-10(17)4-2-8/h1-5,7H. The zero-order valence-electron chi connectivity index (χ0n) is 11.2. The molecule has 0 saturated carbocycles. The van der Waals surface area contributed by atoms with Crippen molar-refractivity contribution in [1.29, 1.82) is 5.26 Å². The number of nitrogens with zero attached hydrogens (tertiary/aromatic N) is 3. The third kappa shape index (κ3) is 2.62. The SMILES string of the molecule is N#Cc1c(-c2ccc(F)cc2)nc2c(Cl)cc(C(F)(F)F)cn12. The first-order valence-electron chi connectivity index (χ1n) is 6.26. The Labute approximate surface area is 132 Å². The lowest BCUT2D eigenvalue weighted by Crippen LogP contribution is -2.07. The molecular formula is C15H6ClF4N3. The molecule has 116 valence electrons. The predicted molar refractivity (Wildman–Crippen MR) is 75.3 cm³/mol. The van der Waals surface area contributed by atoms with E-state index in [2.05, 4.69) is 4.98 Å². The molecule has 0 atom stereocenters. The lowest BCUT2D eigenvalue weighted by atomic mass is 10.1. The van der Waals surface area contributed by atoms with Gasteiger partial charge in [0.15, 0.2) is 11.3 Å². The number of pyridine rings is 1. The molecule has 2 heterocycles. The van der Waals surface area contributed by atoms with E-state index in [1.165, 1.54) is 24.3 Å². The molecule has 0 spiro atoms. The first-order valence-corrected chi connectivity index (χ1v) is 6.64. The number of rotatable bonds is 1. The number of imidazole rings is 1. The van der Waals surface area contributed by atoms with Crippen molar-refractivity contribution in [3.05, 3.63) is 58.6 Å². The van der Waals surface area contributed by atoms with E-state index in [-0.39, 0.29) is 22.1 Å². The second kappa shape index (κ2) is 5.25. The van der Waals surface area contributed by atoms with Crippen LogP contribution in [-0.4, -0.2) is 9.38 Å². The van der Waals surface area contributed by atoms with Gasteiger partial charge >= 0.3 is 6.18 Å². The summed E-state index contributed by atoms with van der Waals surface area (Å²) in [6.07, 6.45) is -3.84. The minimum Gasteiger partial charge on any atom is -0.289 e. The van der Waals surface area contributed by atoms with Crippen LogP contribution in [0.15, 0.2) is 36.5 Å². The van der Waals surface area contributed by atoms with E-state index in [1.807, 2.05) is 6.07 Å². The first-order chi connectivity index (χ1) is 10.8. The third-order valence-corrected chi connectivity index (χ3v) is 3.50. The van der Waals surface area contributed by atoms with Gasteiger partial charge in [0.05, 0.1) is 10.6 Å². The monoisotopic (exact) mass is 339 g/mol. The average Bonchev–Trinajstić information content (AvgIpc) is 2.86. The average molecular weight is 340 g/mol. The van der Waals surface area contributed by atoms with E-state index in [1.54, 1.807) is 0 Å². The second-order valence-corrected chi connectivity index (χ2v) is 5.10. The van der Waals surface area contributed by atoms with Gasteiger partial charge in [-0.15, -0.1) is 0 Å². The highest BCUT2D eigenvalue weighted by atomic mass is 35.5. The minimum atomic E-state index is -4.61. The first kappa shape index (κ1) is 15.3. The molecule has 0 unspecified atom stereocenters. The van der Waals surface area contributed by atoms with Gasteiger partial charge in [0.2, 0.25) is 0 Å². The van der Waals surface area contributed by atoms with Crippen LogP contribution in [0.2, 0.25) is 5.02 Å². The van der Waals surface area contributed by atoms with Gasteiger partial charge in [0.1, 0.15) is 17.6 Å². The summed E-state index contributed by atoms with van der Waals surface area (Å²) in [6.45, 7) is 0. The molecule has 3 nitrogen and oxygen atoms in total. The van der Waals surface area contributed by atoms with Crippen LogP contribution in [0.5, 0.6) is 0 Å². The zero-order chi connectivity index (χ0) is 16.8. The molecule has 0 aliphatic carbocycles. The van der Waals surface area contributed by atoms with Crippen LogP contribution < -0.4 is 0 Å². The Hall–Kier alpha value is -2.59. The fourth-order valence-electron chi connectivity index (χ4n) is 2.18. The van der Waals surface area contributed by atoms with Crippen molar-refractivity contribution in [2.24, 2.45) is 0 Å². The Kier molecular flexibility index (Phi) is 3.49. The Morgan fingerprint density at radius 3 is 2.39 bits per heavy atom. The molecule has 0 N–H and O–H groups in total. The molecule has 2 aromatic heterocycles. The fraction of sp³-hybridized carbons (Fsp3) is 0.0667. The Morgan fingerprint density at radius 1 is 1.17 bits per heavy atom. The summed E-state index contributed by atoms with van der Waals surface area (Å²) in [4.78, 5) is 4.12. The molecule has 1 aromatic carbocycles. The van der Waals surface area contributed by atoms with Crippen molar-refractivity contribution in [3.8, 4) is 17.3 Å². The van der Waals surface area contributed by atoms with Gasteiger partial charge in [-0.3, -0.25) is 4.40 Å². The van der Waals surface area contributed by atoms with E-state index in [4.69, 9.17) is 11.6 Å². The van der Waals surface area contributed by atoms with Gasteiger partial charge in [-0.2, -0.15) is 18.4 Å². The summed E-state index contributed by atoms with van der Waals surface area (Å²) in [5, 5.41) is 9.06. The second-order valence-electron chi connectivity index (χ2n) is 4.70. The molecule has 0 fully saturated rings. The topological polar surface area (TPSA) is 41.1 Å². The van der Waals surface area contributed by atoms with Crippen LogP contribution in [0, 0.1) is 17.1 Å². The Bertz CT molecular complexity index is 936.